The van der Waals surface area contributed by atoms with Gasteiger partial charge in [0.2, 0.25) is 5.56 Å². The fourth-order valence-corrected chi connectivity index (χ4v) is 2.23. The molecule has 0 aliphatic heterocycles. The second-order valence-electron chi connectivity index (χ2n) is 3.74. The minimum atomic E-state index is -4.65. The summed E-state index contributed by atoms with van der Waals surface area (Å²) >= 11 is 11.8. The number of aromatic nitrogens is 1. The van der Waals surface area contributed by atoms with E-state index in [9.17, 15) is 18.0 Å². The number of nitrogens with one attached hydrogen (secondary N) is 1. The predicted octanol–water partition coefficient (Wildman–Crippen LogP) is 4.37. The van der Waals surface area contributed by atoms with Crippen molar-refractivity contribution in [2.75, 3.05) is 0 Å². The molecule has 0 aliphatic rings. The third-order valence-electron chi connectivity index (χ3n) is 2.40. The van der Waals surface area contributed by atoms with Crippen LogP contribution in [-0.2, 0) is 6.18 Å². The standard InChI is InChI=1S/C12H6Cl2F3NO/c13-7-2-1-3-8(14)11(7)6-4-9(12(15,16)17)18-10(19)5-6/h1-5H,(H,18,19). The lowest BCUT2D eigenvalue weighted by Gasteiger charge is -2.10. The summed E-state index contributed by atoms with van der Waals surface area (Å²) < 4.78 is 37.9. The first kappa shape index (κ1) is 14.0. The number of rotatable bonds is 1. The van der Waals surface area contributed by atoms with Gasteiger partial charge in [-0.2, -0.15) is 13.2 Å². The second-order valence-corrected chi connectivity index (χ2v) is 4.56. The van der Waals surface area contributed by atoms with E-state index in [-0.39, 0.29) is 21.2 Å². The zero-order valence-electron chi connectivity index (χ0n) is 9.18. The van der Waals surface area contributed by atoms with Gasteiger partial charge >= 0.3 is 6.18 Å². The lowest BCUT2D eigenvalue weighted by atomic mass is 10.1. The van der Waals surface area contributed by atoms with E-state index >= 15 is 0 Å². The van der Waals surface area contributed by atoms with Gasteiger partial charge in [0.15, 0.2) is 0 Å². The quantitative estimate of drug-likeness (QED) is 0.834. The summed E-state index contributed by atoms with van der Waals surface area (Å²) in [6, 6.07) is 6.34. The number of alkyl halides is 3. The Morgan fingerprint density at radius 1 is 1.05 bits per heavy atom. The Balaban J connectivity index is 2.70. The molecule has 0 fully saturated rings. The average molecular weight is 308 g/mol. The largest absolute Gasteiger partial charge is 0.431 e. The van der Waals surface area contributed by atoms with Crippen LogP contribution in [0.3, 0.4) is 0 Å². The smallest absolute Gasteiger partial charge is 0.318 e. The Morgan fingerprint density at radius 2 is 1.63 bits per heavy atom. The molecule has 0 saturated carbocycles. The van der Waals surface area contributed by atoms with Crippen LogP contribution in [0.4, 0.5) is 13.2 Å². The normalized spacial score (nSPS) is 11.6. The number of hydrogen-bond acceptors (Lipinski definition) is 1. The van der Waals surface area contributed by atoms with Gasteiger partial charge in [-0.1, -0.05) is 29.3 Å². The molecule has 1 heterocycles. The monoisotopic (exact) mass is 307 g/mol. The fourth-order valence-electron chi connectivity index (χ4n) is 1.61. The van der Waals surface area contributed by atoms with E-state index in [4.69, 9.17) is 23.2 Å². The fraction of sp³-hybridized carbons (Fsp3) is 0.0833. The highest BCUT2D eigenvalue weighted by atomic mass is 35.5. The molecule has 0 atom stereocenters. The molecule has 2 aromatic rings. The van der Waals surface area contributed by atoms with Crippen LogP contribution in [0.2, 0.25) is 10.0 Å². The van der Waals surface area contributed by atoms with E-state index in [0.717, 1.165) is 12.1 Å². The van der Waals surface area contributed by atoms with Gasteiger partial charge < -0.3 is 4.98 Å². The molecule has 7 heteroatoms. The maximum absolute atomic E-state index is 12.6. The van der Waals surface area contributed by atoms with Crippen molar-refractivity contribution >= 4 is 23.2 Å². The van der Waals surface area contributed by atoms with E-state index in [1.165, 1.54) is 12.1 Å². The van der Waals surface area contributed by atoms with Crippen molar-refractivity contribution in [1.29, 1.82) is 0 Å². The highest BCUT2D eigenvalue weighted by molar-refractivity contribution is 6.39. The van der Waals surface area contributed by atoms with Crippen LogP contribution < -0.4 is 5.56 Å². The molecule has 1 aromatic carbocycles. The summed E-state index contributed by atoms with van der Waals surface area (Å²) in [4.78, 5) is 13.0. The SMILES string of the molecule is O=c1cc(-c2c(Cl)cccc2Cl)cc(C(F)(F)F)[nH]1. The molecule has 100 valence electrons. The number of halogens is 5. The van der Waals surface area contributed by atoms with Crippen LogP contribution in [0, 0.1) is 0 Å². The van der Waals surface area contributed by atoms with Crippen LogP contribution in [0.1, 0.15) is 5.69 Å². The van der Waals surface area contributed by atoms with E-state index in [2.05, 4.69) is 0 Å². The van der Waals surface area contributed by atoms with Gasteiger partial charge in [0, 0.05) is 21.7 Å². The minimum Gasteiger partial charge on any atom is -0.318 e. The molecule has 0 aliphatic carbocycles. The van der Waals surface area contributed by atoms with Crippen LogP contribution in [0.25, 0.3) is 11.1 Å². The van der Waals surface area contributed by atoms with Crippen molar-refractivity contribution in [3.63, 3.8) is 0 Å². The zero-order chi connectivity index (χ0) is 14.2. The third kappa shape index (κ3) is 2.93. The Morgan fingerprint density at radius 3 is 2.16 bits per heavy atom. The lowest BCUT2D eigenvalue weighted by Crippen LogP contribution is -2.16. The Bertz CT molecular complexity index is 659. The van der Waals surface area contributed by atoms with E-state index in [1.54, 1.807) is 11.1 Å². The van der Waals surface area contributed by atoms with E-state index in [0.29, 0.717) is 0 Å². The molecule has 2 rings (SSSR count). The number of aromatic amines is 1. The molecule has 19 heavy (non-hydrogen) atoms. The summed E-state index contributed by atoms with van der Waals surface area (Å²) in [5, 5.41) is 0.345. The summed E-state index contributed by atoms with van der Waals surface area (Å²) in [6.45, 7) is 0. The lowest BCUT2D eigenvalue weighted by molar-refractivity contribution is -0.141. The number of pyridine rings is 1. The Hall–Kier alpha value is -1.46. The van der Waals surface area contributed by atoms with Gasteiger partial charge in [-0.25, -0.2) is 0 Å². The first-order chi connectivity index (χ1) is 8.79. The number of benzene rings is 1. The van der Waals surface area contributed by atoms with Gasteiger partial charge in [-0.3, -0.25) is 4.79 Å². The van der Waals surface area contributed by atoms with Crippen molar-refractivity contribution in [3.8, 4) is 11.1 Å². The topological polar surface area (TPSA) is 32.9 Å². The molecule has 0 bridgehead atoms. The van der Waals surface area contributed by atoms with E-state index in [1.807, 2.05) is 0 Å². The molecule has 1 N–H and O–H groups in total. The molecule has 0 spiro atoms. The van der Waals surface area contributed by atoms with Crippen LogP contribution in [0.5, 0.6) is 0 Å². The van der Waals surface area contributed by atoms with E-state index < -0.39 is 17.4 Å². The highest BCUT2D eigenvalue weighted by Crippen LogP contribution is 2.36. The minimum absolute atomic E-state index is 0.0201. The summed E-state index contributed by atoms with van der Waals surface area (Å²) in [5.74, 6) is 0. The van der Waals surface area contributed by atoms with Crippen molar-refractivity contribution in [2.24, 2.45) is 0 Å². The first-order valence-electron chi connectivity index (χ1n) is 5.05. The summed E-state index contributed by atoms with van der Waals surface area (Å²) in [6.07, 6.45) is -4.65. The molecule has 0 radical (unpaired) electrons. The van der Waals surface area contributed by atoms with Crippen molar-refractivity contribution in [2.45, 2.75) is 6.18 Å². The predicted molar refractivity (Wildman–Crippen MR) is 67.5 cm³/mol. The molecule has 1 aromatic heterocycles. The van der Waals surface area contributed by atoms with Gasteiger partial charge in [0.1, 0.15) is 5.69 Å². The highest BCUT2D eigenvalue weighted by Gasteiger charge is 2.32. The van der Waals surface area contributed by atoms with Gasteiger partial charge in [-0.05, 0) is 23.8 Å². The molecule has 0 amide bonds. The molecular formula is C12H6Cl2F3NO. The van der Waals surface area contributed by atoms with Gasteiger partial charge in [0.25, 0.3) is 0 Å². The maximum atomic E-state index is 12.6. The number of H-pyrrole nitrogens is 1. The zero-order valence-corrected chi connectivity index (χ0v) is 10.7. The maximum Gasteiger partial charge on any atom is 0.431 e. The van der Waals surface area contributed by atoms with Crippen LogP contribution in [0.15, 0.2) is 35.1 Å². The summed E-state index contributed by atoms with van der Waals surface area (Å²) in [5.41, 5.74) is -1.80. The first-order valence-corrected chi connectivity index (χ1v) is 5.80. The van der Waals surface area contributed by atoms with Crippen LogP contribution >= 0.6 is 23.2 Å². The molecule has 2 nitrogen and oxygen atoms in total. The van der Waals surface area contributed by atoms with Crippen molar-refractivity contribution in [3.05, 3.63) is 56.4 Å². The summed E-state index contributed by atoms with van der Waals surface area (Å²) in [7, 11) is 0. The van der Waals surface area contributed by atoms with Gasteiger partial charge in [-0.15, -0.1) is 0 Å². The second kappa shape index (κ2) is 4.90. The number of hydrogen-bond donors (Lipinski definition) is 1. The van der Waals surface area contributed by atoms with Crippen LogP contribution in [-0.4, -0.2) is 4.98 Å². The van der Waals surface area contributed by atoms with Gasteiger partial charge in [0.05, 0.1) is 0 Å². The molecule has 0 saturated heterocycles. The van der Waals surface area contributed by atoms with Crippen molar-refractivity contribution in [1.82, 2.24) is 4.98 Å². The third-order valence-corrected chi connectivity index (χ3v) is 3.03. The van der Waals surface area contributed by atoms with Crippen molar-refractivity contribution < 1.29 is 13.2 Å². The molecule has 0 unspecified atom stereocenters. The average Bonchev–Trinajstić information content (AvgIpc) is 2.26. The Labute approximate surface area is 115 Å². The Kier molecular flexibility index (Phi) is 3.60. The molecular weight excluding hydrogens is 302 g/mol.